The van der Waals surface area contributed by atoms with Gasteiger partial charge in [-0.15, -0.1) is 12.4 Å². The van der Waals surface area contributed by atoms with Gasteiger partial charge in [0, 0.05) is 17.3 Å². The van der Waals surface area contributed by atoms with Crippen LogP contribution in [0.5, 0.6) is 0 Å². The zero-order valence-electron chi connectivity index (χ0n) is 10.9. The van der Waals surface area contributed by atoms with Gasteiger partial charge in [-0.05, 0) is 43.4 Å². The van der Waals surface area contributed by atoms with Gasteiger partial charge in [0.15, 0.2) is 0 Å². The summed E-state index contributed by atoms with van der Waals surface area (Å²) < 4.78 is 0. The molecule has 0 radical (unpaired) electrons. The van der Waals surface area contributed by atoms with Gasteiger partial charge >= 0.3 is 0 Å². The van der Waals surface area contributed by atoms with Gasteiger partial charge in [-0.3, -0.25) is 4.79 Å². The molecule has 3 nitrogen and oxygen atoms in total. The molecule has 2 rings (SSSR count). The van der Waals surface area contributed by atoms with E-state index in [4.69, 9.17) is 5.73 Å². The smallest absolute Gasteiger partial charge is 0.251 e. The number of amides is 1. The molecule has 3 N–H and O–H groups in total. The molecule has 4 heteroatoms. The molecule has 0 heterocycles. The van der Waals surface area contributed by atoms with Crippen molar-refractivity contribution in [3.05, 3.63) is 29.3 Å². The molecule has 1 aromatic rings. The van der Waals surface area contributed by atoms with E-state index in [1.54, 1.807) is 6.07 Å². The number of hydrogen-bond donors (Lipinski definition) is 2. The summed E-state index contributed by atoms with van der Waals surface area (Å²) in [5, 5.41) is 3.08. The molecule has 18 heavy (non-hydrogen) atoms. The van der Waals surface area contributed by atoms with Crippen LogP contribution in [0.4, 0.5) is 5.69 Å². The molecule has 1 aliphatic carbocycles. The van der Waals surface area contributed by atoms with E-state index in [0.29, 0.717) is 23.2 Å². The third-order valence-electron chi connectivity index (χ3n) is 3.40. The van der Waals surface area contributed by atoms with Crippen LogP contribution in [0, 0.1) is 12.8 Å². The molecule has 0 bridgehead atoms. The molecule has 0 aromatic heterocycles. The monoisotopic (exact) mass is 268 g/mol. The summed E-state index contributed by atoms with van der Waals surface area (Å²) in [6, 6.07) is 5.84. The number of anilines is 1. The highest BCUT2D eigenvalue weighted by Crippen LogP contribution is 2.34. The molecule has 1 aromatic carbocycles. The number of carbonyl (C=O) groups excluding carboxylic acids is 1. The van der Waals surface area contributed by atoms with E-state index < -0.39 is 0 Å². The lowest BCUT2D eigenvalue weighted by Gasteiger charge is -2.08. The molecule has 2 unspecified atom stereocenters. The second-order valence-electron chi connectivity index (χ2n) is 4.94. The molecule has 0 aliphatic heterocycles. The minimum absolute atomic E-state index is 0. The minimum atomic E-state index is 0. The minimum Gasteiger partial charge on any atom is -0.399 e. The largest absolute Gasteiger partial charge is 0.399 e. The number of nitrogens with two attached hydrogens (primary N) is 1. The van der Waals surface area contributed by atoms with Crippen molar-refractivity contribution in [3.8, 4) is 0 Å². The Bertz CT molecular complexity index is 434. The number of aryl methyl sites for hydroxylation is 1. The quantitative estimate of drug-likeness (QED) is 0.825. The van der Waals surface area contributed by atoms with Gasteiger partial charge in [-0.1, -0.05) is 19.4 Å². The predicted molar refractivity (Wildman–Crippen MR) is 77.1 cm³/mol. The lowest BCUT2D eigenvalue weighted by atomic mass is 10.1. The van der Waals surface area contributed by atoms with E-state index in [-0.39, 0.29) is 18.3 Å². The Labute approximate surface area is 115 Å². The highest BCUT2D eigenvalue weighted by molar-refractivity contribution is 5.96. The second-order valence-corrected chi connectivity index (χ2v) is 4.94. The molecule has 0 saturated heterocycles. The zero-order valence-corrected chi connectivity index (χ0v) is 11.7. The van der Waals surface area contributed by atoms with Crippen LogP contribution < -0.4 is 11.1 Å². The summed E-state index contributed by atoms with van der Waals surface area (Å²) in [6.45, 7) is 4.12. The Morgan fingerprint density at radius 1 is 1.50 bits per heavy atom. The van der Waals surface area contributed by atoms with Crippen molar-refractivity contribution < 1.29 is 4.79 Å². The van der Waals surface area contributed by atoms with E-state index in [2.05, 4.69) is 12.2 Å². The first kappa shape index (κ1) is 14.8. The molecule has 1 aliphatic rings. The first-order valence-corrected chi connectivity index (χ1v) is 6.28. The summed E-state index contributed by atoms with van der Waals surface area (Å²) in [7, 11) is 0. The molecule has 100 valence electrons. The van der Waals surface area contributed by atoms with Crippen LogP contribution in [0.2, 0.25) is 0 Å². The average molecular weight is 269 g/mol. The fourth-order valence-electron chi connectivity index (χ4n) is 2.24. The van der Waals surface area contributed by atoms with Crippen molar-refractivity contribution in [2.75, 3.05) is 5.73 Å². The Morgan fingerprint density at radius 2 is 2.22 bits per heavy atom. The highest BCUT2D eigenvalue weighted by Gasteiger charge is 2.37. The lowest BCUT2D eigenvalue weighted by Crippen LogP contribution is -2.27. The summed E-state index contributed by atoms with van der Waals surface area (Å²) in [4.78, 5) is 12.1. The Morgan fingerprint density at radius 3 is 2.89 bits per heavy atom. The van der Waals surface area contributed by atoms with Gasteiger partial charge < -0.3 is 11.1 Å². The summed E-state index contributed by atoms with van der Waals surface area (Å²) in [5.41, 5.74) is 8.02. The average Bonchev–Trinajstić information content (AvgIpc) is 3.00. The Kier molecular flexibility index (Phi) is 5.03. The topological polar surface area (TPSA) is 55.1 Å². The van der Waals surface area contributed by atoms with Crippen molar-refractivity contribution in [2.45, 2.75) is 39.2 Å². The fourth-order valence-corrected chi connectivity index (χ4v) is 2.24. The van der Waals surface area contributed by atoms with Crippen LogP contribution in [0.1, 0.15) is 42.1 Å². The van der Waals surface area contributed by atoms with E-state index in [1.807, 2.05) is 19.1 Å². The Hall–Kier alpha value is -1.22. The predicted octanol–water partition coefficient (Wildman–Crippen LogP) is 2.92. The molecule has 2 atom stereocenters. The van der Waals surface area contributed by atoms with Gasteiger partial charge in [-0.2, -0.15) is 0 Å². The standard InChI is InChI=1S/C14H20N2O.ClH/c1-3-4-10-7-13(10)16-14(17)12-8-11(15)6-5-9(12)2;/h5-6,8,10,13H,3-4,7,15H2,1-2H3,(H,16,17);1H. The fraction of sp³-hybridized carbons (Fsp3) is 0.500. The number of nitrogen functional groups attached to an aromatic ring is 1. The maximum atomic E-state index is 12.1. The van der Waals surface area contributed by atoms with E-state index in [9.17, 15) is 4.79 Å². The number of halogens is 1. The lowest BCUT2D eigenvalue weighted by molar-refractivity contribution is 0.0948. The molecule has 0 spiro atoms. The van der Waals surface area contributed by atoms with E-state index >= 15 is 0 Å². The maximum absolute atomic E-state index is 12.1. The normalized spacial score (nSPS) is 21.0. The third kappa shape index (κ3) is 3.39. The van der Waals surface area contributed by atoms with Crippen molar-refractivity contribution >= 4 is 24.0 Å². The van der Waals surface area contributed by atoms with Crippen LogP contribution in [-0.4, -0.2) is 11.9 Å². The van der Waals surface area contributed by atoms with Crippen LogP contribution in [-0.2, 0) is 0 Å². The first-order valence-electron chi connectivity index (χ1n) is 6.28. The molecule has 1 fully saturated rings. The SMILES string of the molecule is CCCC1CC1NC(=O)c1cc(N)ccc1C.Cl. The number of hydrogen-bond acceptors (Lipinski definition) is 2. The van der Waals surface area contributed by atoms with Gasteiger partial charge in [0.05, 0.1) is 0 Å². The number of nitrogens with one attached hydrogen (secondary N) is 1. The zero-order chi connectivity index (χ0) is 12.4. The van der Waals surface area contributed by atoms with Crippen molar-refractivity contribution in [2.24, 2.45) is 5.92 Å². The van der Waals surface area contributed by atoms with Gasteiger partial charge in [0.1, 0.15) is 0 Å². The third-order valence-corrected chi connectivity index (χ3v) is 3.40. The first-order chi connectivity index (χ1) is 8.11. The van der Waals surface area contributed by atoms with Crippen molar-refractivity contribution in [1.29, 1.82) is 0 Å². The molecule has 1 amide bonds. The number of rotatable bonds is 4. The van der Waals surface area contributed by atoms with E-state index in [0.717, 1.165) is 12.0 Å². The maximum Gasteiger partial charge on any atom is 0.251 e. The van der Waals surface area contributed by atoms with Crippen molar-refractivity contribution in [3.63, 3.8) is 0 Å². The van der Waals surface area contributed by atoms with Crippen LogP contribution in [0.3, 0.4) is 0 Å². The van der Waals surface area contributed by atoms with Gasteiger partial charge in [0.2, 0.25) is 0 Å². The van der Waals surface area contributed by atoms with Crippen LogP contribution >= 0.6 is 12.4 Å². The molecular formula is C14H21ClN2O. The van der Waals surface area contributed by atoms with Gasteiger partial charge in [-0.25, -0.2) is 0 Å². The van der Waals surface area contributed by atoms with Crippen molar-refractivity contribution in [1.82, 2.24) is 5.32 Å². The van der Waals surface area contributed by atoms with E-state index in [1.165, 1.54) is 12.8 Å². The van der Waals surface area contributed by atoms with Crippen LogP contribution in [0.15, 0.2) is 18.2 Å². The summed E-state index contributed by atoms with van der Waals surface area (Å²) in [6.07, 6.45) is 3.52. The Balaban J connectivity index is 0.00000162. The van der Waals surface area contributed by atoms with Gasteiger partial charge in [0.25, 0.3) is 5.91 Å². The molecular weight excluding hydrogens is 248 g/mol. The highest BCUT2D eigenvalue weighted by atomic mass is 35.5. The number of benzene rings is 1. The summed E-state index contributed by atoms with van der Waals surface area (Å²) >= 11 is 0. The van der Waals surface area contributed by atoms with Crippen LogP contribution in [0.25, 0.3) is 0 Å². The summed E-state index contributed by atoms with van der Waals surface area (Å²) in [5.74, 6) is 0.698. The second kappa shape index (κ2) is 6.10. The number of carbonyl (C=O) groups is 1. The molecule has 1 saturated carbocycles.